The van der Waals surface area contributed by atoms with Crippen LogP contribution in [0.25, 0.3) is 6.08 Å². The molecule has 1 unspecified atom stereocenters. The van der Waals surface area contributed by atoms with Gasteiger partial charge in [0.2, 0.25) is 5.91 Å². The van der Waals surface area contributed by atoms with Crippen LogP contribution in [0.3, 0.4) is 0 Å². The van der Waals surface area contributed by atoms with Gasteiger partial charge in [0.15, 0.2) is 0 Å². The molecule has 2 amide bonds. The summed E-state index contributed by atoms with van der Waals surface area (Å²) in [5, 5.41) is 34.1. The molecule has 4 N–H and O–H groups in total. The number of aryl methyl sites for hydroxylation is 1. The Morgan fingerprint density at radius 2 is 1.76 bits per heavy atom. The maximum atomic E-state index is 12.4. The van der Waals surface area contributed by atoms with E-state index in [1.807, 2.05) is 69.3 Å². The van der Waals surface area contributed by atoms with E-state index in [0.29, 0.717) is 18.4 Å². The zero-order chi connectivity index (χ0) is 24.4. The quantitative estimate of drug-likeness (QED) is 0.267. The molecular weight excluding hydrogens is 417 g/mol. The monoisotopic (exact) mass is 447 g/mol. The van der Waals surface area contributed by atoms with E-state index in [-0.39, 0.29) is 17.9 Å². The first-order chi connectivity index (χ1) is 15.6. The van der Waals surface area contributed by atoms with Crippen molar-refractivity contribution in [2.75, 3.05) is 0 Å². The van der Waals surface area contributed by atoms with E-state index in [1.54, 1.807) is 12.1 Å². The molecule has 0 aromatic heterocycles. The van der Waals surface area contributed by atoms with E-state index in [4.69, 9.17) is 0 Å². The summed E-state index contributed by atoms with van der Waals surface area (Å²) >= 11 is 0. The number of amides is 2. The van der Waals surface area contributed by atoms with Gasteiger partial charge in [-0.2, -0.15) is 5.26 Å². The molecule has 0 aliphatic heterocycles. The predicted octanol–water partition coefficient (Wildman–Crippen LogP) is 2.18. The van der Waals surface area contributed by atoms with Crippen molar-refractivity contribution in [1.82, 2.24) is 10.6 Å². The zero-order valence-corrected chi connectivity index (χ0v) is 19.2. The highest BCUT2D eigenvalue weighted by molar-refractivity contribution is 6.43. The molecule has 0 fully saturated rings. The van der Waals surface area contributed by atoms with Crippen molar-refractivity contribution in [2.45, 2.75) is 51.5 Å². The highest BCUT2D eigenvalue weighted by Crippen LogP contribution is 2.13. The Morgan fingerprint density at radius 3 is 2.36 bits per heavy atom. The normalized spacial score (nSPS) is 12.4. The number of carbonyl (C=O) groups is 2. The van der Waals surface area contributed by atoms with Crippen molar-refractivity contribution < 1.29 is 19.6 Å². The SMILES string of the molecule is CC(C)(C)NC(=O)C(C#N)=Cc1cccc(CCC(=O)NC(Cc2ccccc2)B(O)O)c1. The van der Waals surface area contributed by atoms with Crippen LogP contribution in [0.4, 0.5) is 0 Å². The van der Waals surface area contributed by atoms with Crippen LogP contribution in [-0.4, -0.2) is 40.5 Å². The van der Waals surface area contributed by atoms with Gasteiger partial charge in [0, 0.05) is 12.0 Å². The van der Waals surface area contributed by atoms with Crippen molar-refractivity contribution in [1.29, 1.82) is 5.26 Å². The summed E-state index contributed by atoms with van der Waals surface area (Å²) in [5.41, 5.74) is 1.97. The first kappa shape index (κ1) is 25.9. The molecule has 0 saturated carbocycles. The van der Waals surface area contributed by atoms with Gasteiger partial charge >= 0.3 is 7.12 Å². The largest absolute Gasteiger partial charge is 0.475 e. The second-order valence-corrected chi connectivity index (χ2v) is 8.90. The van der Waals surface area contributed by atoms with Crippen LogP contribution in [0.1, 0.15) is 43.9 Å². The van der Waals surface area contributed by atoms with Crippen molar-refractivity contribution >= 4 is 25.0 Å². The van der Waals surface area contributed by atoms with Gasteiger partial charge in [-0.1, -0.05) is 54.6 Å². The minimum absolute atomic E-state index is 0.000468. The molecule has 0 aliphatic carbocycles. The average molecular weight is 447 g/mol. The van der Waals surface area contributed by atoms with Crippen LogP contribution < -0.4 is 10.6 Å². The Morgan fingerprint density at radius 1 is 1.09 bits per heavy atom. The molecule has 2 aromatic carbocycles. The second-order valence-electron chi connectivity index (χ2n) is 8.90. The second kappa shape index (κ2) is 12.0. The fourth-order valence-electron chi connectivity index (χ4n) is 3.20. The number of hydrogen-bond acceptors (Lipinski definition) is 5. The van der Waals surface area contributed by atoms with E-state index < -0.39 is 24.5 Å². The molecule has 0 spiro atoms. The van der Waals surface area contributed by atoms with Crippen LogP contribution in [0.5, 0.6) is 0 Å². The first-order valence-electron chi connectivity index (χ1n) is 10.8. The Balaban J connectivity index is 1.99. The molecule has 7 nitrogen and oxygen atoms in total. The van der Waals surface area contributed by atoms with E-state index in [2.05, 4.69) is 10.6 Å². The number of nitrogens with zero attached hydrogens (tertiary/aromatic N) is 1. The molecule has 0 heterocycles. The van der Waals surface area contributed by atoms with Crippen molar-refractivity contribution in [3.05, 3.63) is 76.9 Å². The molecule has 0 radical (unpaired) electrons. The minimum atomic E-state index is -1.67. The highest BCUT2D eigenvalue weighted by Gasteiger charge is 2.25. The topological polar surface area (TPSA) is 122 Å². The molecule has 8 heteroatoms. The number of nitrogens with one attached hydrogen (secondary N) is 2. The molecule has 172 valence electrons. The van der Waals surface area contributed by atoms with Gasteiger partial charge in [-0.15, -0.1) is 0 Å². The molecule has 0 bridgehead atoms. The lowest BCUT2D eigenvalue weighted by Gasteiger charge is -2.20. The predicted molar refractivity (Wildman–Crippen MR) is 129 cm³/mol. The zero-order valence-electron chi connectivity index (χ0n) is 19.2. The van der Waals surface area contributed by atoms with Gasteiger partial charge < -0.3 is 20.7 Å². The third-order valence-electron chi connectivity index (χ3n) is 4.76. The summed E-state index contributed by atoms with van der Waals surface area (Å²) < 4.78 is 0. The molecular formula is C25H30BN3O4. The smallest absolute Gasteiger partial charge is 0.426 e. The lowest BCUT2D eigenvalue weighted by atomic mass is 9.76. The van der Waals surface area contributed by atoms with Crippen molar-refractivity contribution in [3.8, 4) is 6.07 Å². The molecule has 2 aromatic rings. The van der Waals surface area contributed by atoms with Gasteiger partial charge in [0.05, 0.1) is 5.94 Å². The van der Waals surface area contributed by atoms with E-state index >= 15 is 0 Å². The Bertz CT molecular complexity index is 1020. The van der Waals surface area contributed by atoms with Crippen molar-refractivity contribution in [2.24, 2.45) is 0 Å². The Labute approximate surface area is 195 Å². The number of rotatable bonds is 9. The van der Waals surface area contributed by atoms with Gasteiger partial charge in [-0.3, -0.25) is 9.59 Å². The number of benzene rings is 2. The van der Waals surface area contributed by atoms with Gasteiger partial charge in [0.1, 0.15) is 11.6 Å². The van der Waals surface area contributed by atoms with Crippen molar-refractivity contribution in [3.63, 3.8) is 0 Å². The Kier molecular flexibility index (Phi) is 9.40. The summed E-state index contributed by atoms with van der Waals surface area (Å²) in [4.78, 5) is 24.7. The maximum absolute atomic E-state index is 12.4. The van der Waals surface area contributed by atoms with Crippen LogP contribution in [0.2, 0.25) is 0 Å². The van der Waals surface area contributed by atoms with Gasteiger partial charge in [-0.25, -0.2) is 0 Å². The third-order valence-corrected chi connectivity index (χ3v) is 4.76. The minimum Gasteiger partial charge on any atom is -0.426 e. The molecule has 2 rings (SSSR count). The number of carbonyl (C=O) groups excluding carboxylic acids is 2. The summed E-state index contributed by atoms with van der Waals surface area (Å²) in [5.74, 6) is -1.55. The summed E-state index contributed by atoms with van der Waals surface area (Å²) in [6, 6.07) is 18.5. The van der Waals surface area contributed by atoms with E-state index in [9.17, 15) is 24.9 Å². The average Bonchev–Trinajstić information content (AvgIpc) is 2.75. The van der Waals surface area contributed by atoms with E-state index in [0.717, 1.165) is 11.1 Å². The third kappa shape index (κ3) is 9.32. The molecule has 1 atom stereocenters. The number of hydrogen-bond donors (Lipinski definition) is 4. The fourth-order valence-corrected chi connectivity index (χ4v) is 3.20. The van der Waals surface area contributed by atoms with Crippen LogP contribution >= 0.6 is 0 Å². The summed E-state index contributed by atoms with van der Waals surface area (Å²) in [6.07, 6.45) is 2.39. The lowest BCUT2D eigenvalue weighted by molar-refractivity contribution is -0.121. The molecule has 0 aliphatic rings. The van der Waals surface area contributed by atoms with Crippen LogP contribution in [0.15, 0.2) is 60.2 Å². The molecule has 0 saturated heterocycles. The van der Waals surface area contributed by atoms with E-state index in [1.165, 1.54) is 6.08 Å². The summed E-state index contributed by atoms with van der Waals surface area (Å²) in [6.45, 7) is 5.52. The first-order valence-corrected chi connectivity index (χ1v) is 10.8. The maximum Gasteiger partial charge on any atom is 0.475 e. The molecule has 33 heavy (non-hydrogen) atoms. The fraction of sp³-hybridized carbons (Fsp3) is 0.320. The van der Waals surface area contributed by atoms with Crippen LogP contribution in [0, 0.1) is 11.3 Å². The standard InChI is InChI=1S/C25H30BN3O4/c1-25(2,3)29-24(31)21(17-27)15-20-11-7-10-19(14-20)12-13-23(30)28-22(26(32)33)16-18-8-5-4-6-9-18/h4-11,14-15,22,32-33H,12-13,16H2,1-3H3,(H,28,30)(H,29,31). The lowest BCUT2D eigenvalue weighted by Crippen LogP contribution is -2.47. The van der Waals surface area contributed by atoms with Gasteiger partial charge in [-0.05, 0) is 56.4 Å². The summed E-state index contributed by atoms with van der Waals surface area (Å²) in [7, 11) is -1.67. The highest BCUT2D eigenvalue weighted by atomic mass is 16.4. The van der Waals surface area contributed by atoms with Crippen LogP contribution in [-0.2, 0) is 22.4 Å². The Hall–Kier alpha value is -3.41. The van der Waals surface area contributed by atoms with Gasteiger partial charge in [0.25, 0.3) is 5.91 Å². The number of nitriles is 1.